The van der Waals surface area contributed by atoms with Gasteiger partial charge in [-0.15, -0.1) is 0 Å². The number of rotatable bonds is 7. The maximum absolute atomic E-state index is 10.1. The molecule has 1 aliphatic rings. The van der Waals surface area contributed by atoms with Crippen molar-refractivity contribution in [1.82, 2.24) is 4.57 Å². The number of unbranched alkanes of at least 4 members (excludes halogenated alkanes) is 3. The first kappa shape index (κ1) is 15.6. The fraction of sp³-hybridized carbons (Fsp3) is 0.778. The maximum Gasteiger partial charge on any atom is 0.0807 e. The van der Waals surface area contributed by atoms with Gasteiger partial charge in [0.25, 0.3) is 0 Å². The molecular weight excluding hydrogens is 246 g/mol. The van der Waals surface area contributed by atoms with E-state index in [-0.39, 0.29) is 6.10 Å². The highest BCUT2D eigenvalue weighted by atomic mass is 16.3. The molecule has 2 nitrogen and oxygen atoms in total. The van der Waals surface area contributed by atoms with Gasteiger partial charge in [0.2, 0.25) is 0 Å². The molecule has 0 fully saturated rings. The first-order valence-electron chi connectivity index (χ1n) is 8.46. The fourth-order valence-electron chi connectivity index (χ4n) is 3.43. The first-order chi connectivity index (χ1) is 9.59. The summed E-state index contributed by atoms with van der Waals surface area (Å²) in [6.45, 7) is 7.93. The average Bonchev–Trinajstić information content (AvgIpc) is 2.71. The zero-order valence-electron chi connectivity index (χ0n) is 13.5. The van der Waals surface area contributed by atoms with Crippen molar-refractivity contribution in [2.75, 3.05) is 0 Å². The highest BCUT2D eigenvalue weighted by Crippen LogP contribution is 2.32. The topological polar surface area (TPSA) is 25.2 Å². The summed E-state index contributed by atoms with van der Waals surface area (Å²) < 4.78 is 2.46. The molecule has 1 aromatic heterocycles. The molecule has 0 amide bonds. The minimum Gasteiger partial charge on any atom is -0.388 e. The van der Waals surface area contributed by atoms with Crippen LogP contribution in [-0.2, 0) is 13.0 Å². The van der Waals surface area contributed by atoms with Gasteiger partial charge >= 0.3 is 0 Å². The number of fused-ring (bicyclic) bond motifs is 1. The van der Waals surface area contributed by atoms with Crippen molar-refractivity contribution in [3.63, 3.8) is 0 Å². The molecule has 0 bridgehead atoms. The van der Waals surface area contributed by atoms with Crippen LogP contribution in [-0.4, -0.2) is 9.67 Å². The van der Waals surface area contributed by atoms with Gasteiger partial charge in [-0.05, 0) is 44.6 Å². The van der Waals surface area contributed by atoms with Crippen LogP contribution in [0.15, 0.2) is 6.07 Å². The molecule has 0 aliphatic heterocycles. The molecule has 2 heteroatoms. The van der Waals surface area contributed by atoms with Gasteiger partial charge in [-0.25, -0.2) is 0 Å². The number of hydrogen-bond donors (Lipinski definition) is 1. The smallest absolute Gasteiger partial charge is 0.0807 e. The Bertz CT molecular complexity index is 419. The number of aliphatic hydroxyl groups excluding tert-OH is 1. The van der Waals surface area contributed by atoms with Crippen molar-refractivity contribution < 1.29 is 5.11 Å². The maximum atomic E-state index is 10.1. The normalized spacial score (nSPS) is 18.6. The molecule has 114 valence electrons. The fourth-order valence-corrected chi connectivity index (χ4v) is 3.43. The van der Waals surface area contributed by atoms with Crippen molar-refractivity contribution in [2.24, 2.45) is 5.92 Å². The van der Waals surface area contributed by atoms with E-state index in [0.717, 1.165) is 31.7 Å². The highest BCUT2D eigenvalue weighted by Gasteiger charge is 2.22. The lowest BCUT2D eigenvalue weighted by atomic mass is 9.95. The van der Waals surface area contributed by atoms with E-state index in [1.54, 1.807) is 0 Å². The van der Waals surface area contributed by atoms with Crippen molar-refractivity contribution in [3.05, 3.63) is 23.0 Å². The molecule has 1 N–H and O–H groups in total. The Morgan fingerprint density at radius 1 is 1.25 bits per heavy atom. The summed E-state index contributed by atoms with van der Waals surface area (Å²) in [5, 5.41) is 10.1. The van der Waals surface area contributed by atoms with Crippen molar-refractivity contribution >= 4 is 0 Å². The first-order valence-corrected chi connectivity index (χ1v) is 8.46. The van der Waals surface area contributed by atoms with Gasteiger partial charge in [0, 0.05) is 23.5 Å². The zero-order chi connectivity index (χ0) is 14.5. The molecule has 1 unspecified atom stereocenters. The van der Waals surface area contributed by atoms with E-state index in [4.69, 9.17) is 0 Å². The summed E-state index contributed by atoms with van der Waals surface area (Å²) in [4.78, 5) is 0. The van der Waals surface area contributed by atoms with Gasteiger partial charge in [-0.1, -0.05) is 39.5 Å². The lowest BCUT2D eigenvalue weighted by Gasteiger charge is -2.20. The SMILES string of the molecule is Cc1cc2c(n1CCCCCCC(C)C)CCCC2O. The van der Waals surface area contributed by atoms with E-state index in [1.165, 1.54) is 49.1 Å². The molecule has 1 aliphatic carbocycles. The van der Waals surface area contributed by atoms with Crippen LogP contribution in [0.5, 0.6) is 0 Å². The quantitative estimate of drug-likeness (QED) is 0.713. The molecular formula is C18H31NO. The lowest BCUT2D eigenvalue weighted by molar-refractivity contribution is 0.155. The minimum absolute atomic E-state index is 0.218. The van der Waals surface area contributed by atoms with Crippen LogP contribution in [0, 0.1) is 12.8 Å². The van der Waals surface area contributed by atoms with Gasteiger partial charge in [0.1, 0.15) is 0 Å². The Labute approximate surface area is 124 Å². The van der Waals surface area contributed by atoms with E-state index in [1.807, 2.05) is 0 Å². The zero-order valence-corrected chi connectivity index (χ0v) is 13.5. The lowest BCUT2D eigenvalue weighted by Crippen LogP contribution is -2.12. The summed E-state index contributed by atoms with van der Waals surface area (Å²) >= 11 is 0. The van der Waals surface area contributed by atoms with Gasteiger partial charge in [0.05, 0.1) is 6.10 Å². The summed E-state index contributed by atoms with van der Waals surface area (Å²) in [7, 11) is 0. The molecule has 2 rings (SSSR count). The number of aliphatic hydroxyl groups is 1. The largest absolute Gasteiger partial charge is 0.388 e. The van der Waals surface area contributed by atoms with Crippen LogP contribution in [0.25, 0.3) is 0 Å². The number of aromatic nitrogens is 1. The van der Waals surface area contributed by atoms with Gasteiger partial charge in [-0.3, -0.25) is 0 Å². The van der Waals surface area contributed by atoms with Crippen LogP contribution >= 0.6 is 0 Å². The second kappa shape index (κ2) is 7.31. The number of nitrogens with zero attached hydrogens (tertiary/aromatic N) is 1. The third-order valence-electron chi connectivity index (χ3n) is 4.61. The Balaban J connectivity index is 1.81. The molecule has 0 saturated heterocycles. The summed E-state index contributed by atoms with van der Waals surface area (Å²) in [5.41, 5.74) is 3.94. The van der Waals surface area contributed by atoms with E-state index < -0.39 is 0 Å². The predicted molar refractivity (Wildman–Crippen MR) is 85.0 cm³/mol. The Morgan fingerprint density at radius 2 is 2.00 bits per heavy atom. The summed E-state index contributed by atoms with van der Waals surface area (Å²) in [6.07, 6.45) is 9.71. The molecule has 0 spiro atoms. The Morgan fingerprint density at radius 3 is 2.75 bits per heavy atom. The molecule has 0 saturated carbocycles. The second-order valence-electron chi connectivity index (χ2n) is 6.84. The minimum atomic E-state index is -0.218. The van der Waals surface area contributed by atoms with Gasteiger partial charge in [0.15, 0.2) is 0 Å². The third kappa shape index (κ3) is 3.88. The highest BCUT2D eigenvalue weighted by molar-refractivity contribution is 5.31. The van der Waals surface area contributed by atoms with Crippen molar-refractivity contribution in [2.45, 2.75) is 84.8 Å². The van der Waals surface area contributed by atoms with E-state index in [2.05, 4.69) is 31.4 Å². The Kier molecular flexibility index (Phi) is 5.71. The molecule has 0 aromatic carbocycles. The molecule has 20 heavy (non-hydrogen) atoms. The Hall–Kier alpha value is -0.760. The third-order valence-corrected chi connectivity index (χ3v) is 4.61. The second-order valence-corrected chi connectivity index (χ2v) is 6.84. The van der Waals surface area contributed by atoms with Crippen LogP contribution in [0.2, 0.25) is 0 Å². The number of aryl methyl sites for hydroxylation is 1. The predicted octanol–water partition coefficient (Wildman–Crippen LogP) is 4.77. The van der Waals surface area contributed by atoms with Crippen LogP contribution < -0.4 is 0 Å². The van der Waals surface area contributed by atoms with Crippen LogP contribution in [0.3, 0.4) is 0 Å². The summed E-state index contributed by atoms with van der Waals surface area (Å²) in [6, 6.07) is 2.21. The standard InChI is InChI=1S/C18H31NO/c1-14(2)9-6-4-5-7-12-19-15(3)13-16-17(19)10-8-11-18(16)20/h13-14,18,20H,4-12H2,1-3H3. The van der Waals surface area contributed by atoms with Crippen molar-refractivity contribution in [1.29, 1.82) is 0 Å². The monoisotopic (exact) mass is 277 g/mol. The summed E-state index contributed by atoms with van der Waals surface area (Å²) in [5.74, 6) is 0.843. The molecule has 1 aromatic rings. The average molecular weight is 277 g/mol. The van der Waals surface area contributed by atoms with Crippen molar-refractivity contribution in [3.8, 4) is 0 Å². The van der Waals surface area contributed by atoms with E-state index in [0.29, 0.717) is 0 Å². The molecule has 0 radical (unpaired) electrons. The van der Waals surface area contributed by atoms with E-state index >= 15 is 0 Å². The van der Waals surface area contributed by atoms with E-state index in [9.17, 15) is 5.11 Å². The molecule has 1 heterocycles. The van der Waals surface area contributed by atoms with Gasteiger partial charge < -0.3 is 9.67 Å². The number of hydrogen-bond acceptors (Lipinski definition) is 1. The van der Waals surface area contributed by atoms with Crippen LogP contribution in [0.4, 0.5) is 0 Å². The van der Waals surface area contributed by atoms with Gasteiger partial charge in [-0.2, -0.15) is 0 Å². The molecule has 1 atom stereocenters. The van der Waals surface area contributed by atoms with Crippen LogP contribution in [0.1, 0.15) is 81.8 Å².